The third-order valence-corrected chi connectivity index (χ3v) is 4.71. The van der Waals surface area contributed by atoms with E-state index in [1.165, 1.54) is 25.3 Å². The average Bonchev–Trinajstić information content (AvgIpc) is 2.59. The van der Waals surface area contributed by atoms with E-state index in [0.717, 1.165) is 0 Å². The summed E-state index contributed by atoms with van der Waals surface area (Å²) < 4.78 is 32.3. The zero-order chi connectivity index (χ0) is 18.6. The number of rotatable bonds is 7. The first-order valence-corrected chi connectivity index (χ1v) is 8.69. The molecule has 1 aromatic heterocycles. The predicted octanol–water partition coefficient (Wildman–Crippen LogP) is 0.129. The lowest BCUT2D eigenvalue weighted by atomic mass is 10.2. The molecule has 0 saturated heterocycles. The van der Waals surface area contributed by atoms with Gasteiger partial charge in [-0.05, 0) is 24.3 Å². The van der Waals surface area contributed by atoms with Gasteiger partial charge in [0.1, 0.15) is 17.4 Å². The van der Waals surface area contributed by atoms with Crippen molar-refractivity contribution in [2.75, 3.05) is 26.1 Å². The number of nitrogens with two attached hydrogens (primary N) is 1. The van der Waals surface area contributed by atoms with Gasteiger partial charge in [0, 0.05) is 20.3 Å². The van der Waals surface area contributed by atoms with Crippen LogP contribution in [0, 0.1) is 0 Å². The van der Waals surface area contributed by atoms with Crippen LogP contribution in [0.5, 0.6) is 5.75 Å². The summed E-state index contributed by atoms with van der Waals surface area (Å²) in [7, 11) is 1.12. The van der Waals surface area contributed by atoms with Crippen LogP contribution in [0.2, 0.25) is 0 Å². The van der Waals surface area contributed by atoms with Gasteiger partial charge >= 0.3 is 0 Å². The summed E-state index contributed by atoms with van der Waals surface area (Å²) in [5.74, 6) is 0.396. The van der Waals surface area contributed by atoms with Crippen molar-refractivity contribution < 1.29 is 17.9 Å². The van der Waals surface area contributed by atoms with E-state index in [9.17, 15) is 13.2 Å². The molecule has 0 aliphatic heterocycles. The fourth-order valence-corrected chi connectivity index (χ4v) is 3.02. The van der Waals surface area contributed by atoms with E-state index >= 15 is 0 Å². The lowest BCUT2D eigenvalue weighted by Crippen LogP contribution is -2.25. The molecule has 1 amide bonds. The quantitative estimate of drug-likeness (QED) is 0.714. The summed E-state index contributed by atoms with van der Waals surface area (Å²) in [5, 5.41) is 0. The molecule has 0 radical (unpaired) electrons. The topological polar surface area (TPSA) is 128 Å². The molecule has 0 aliphatic carbocycles. The molecule has 0 bridgehead atoms. The number of hydrogen-bond donors (Lipinski definition) is 2. The number of primary amides is 1. The lowest BCUT2D eigenvalue weighted by molar-refractivity contribution is 0.0997. The number of aromatic nitrogens is 2. The number of anilines is 1. The van der Waals surface area contributed by atoms with Gasteiger partial charge in [0.25, 0.3) is 5.91 Å². The molecule has 3 N–H and O–H groups in total. The number of benzene rings is 1. The second-order valence-electron chi connectivity index (χ2n) is 5.28. The smallest absolute Gasteiger partial charge is 0.252 e. The molecule has 1 aromatic carbocycles. The van der Waals surface area contributed by atoms with Gasteiger partial charge in [-0.2, -0.15) is 0 Å². The van der Waals surface area contributed by atoms with Crippen molar-refractivity contribution in [2.45, 2.75) is 11.4 Å². The van der Waals surface area contributed by atoms with Crippen molar-refractivity contribution in [1.82, 2.24) is 14.7 Å². The number of nitrogens with one attached hydrogen (secondary N) is 1. The highest BCUT2D eigenvalue weighted by molar-refractivity contribution is 7.89. The number of ether oxygens (including phenoxy) is 1. The van der Waals surface area contributed by atoms with Crippen LogP contribution in [-0.2, 0) is 16.6 Å². The van der Waals surface area contributed by atoms with Gasteiger partial charge in [-0.1, -0.05) is 0 Å². The third-order valence-electron chi connectivity index (χ3n) is 3.32. The van der Waals surface area contributed by atoms with Crippen molar-refractivity contribution in [2.24, 2.45) is 5.73 Å². The van der Waals surface area contributed by atoms with Crippen LogP contribution in [0.15, 0.2) is 35.4 Å². The van der Waals surface area contributed by atoms with Crippen molar-refractivity contribution in [3.63, 3.8) is 0 Å². The Kier molecular flexibility index (Phi) is 5.55. The molecular formula is C15H19N5O4S. The van der Waals surface area contributed by atoms with E-state index in [1.54, 1.807) is 17.2 Å². The summed E-state index contributed by atoms with van der Waals surface area (Å²) in [6.07, 6.45) is 1.55. The number of nitrogens with zero attached hydrogens (tertiary/aromatic N) is 3. The molecule has 0 spiro atoms. The molecule has 0 unspecified atom stereocenters. The molecule has 0 atom stereocenters. The predicted molar refractivity (Wildman–Crippen MR) is 91.9 cm³/mol. The van der Waals surface area contributed by atoms with Gasteiger partial charge in [0.05, 0.1) is 24.1 Å². The van der Waals surface area contributed by atoms with E-state index in [-0.39, 0.29) is 22.8 Å². The molecule has 2 rings (SSSR count). The summed E-state index contributed by atoms with van der Waals surface area (Å²) >= 11 is 0. The highest BCUT2D eigenvalue weighted by Gasteiger charge is 2.19. The van der Waals surface area contributed by atoms with Crippen molar-refractivity contribution in [3.05, 3.63) is 41.9 Å². The largest absolute Gasteiger partial charge is 0.496 e. The van der Waals surface area contributed by atoms with Crippen LogP contribution in [0.25, 0.3) is 0 Å². The van der Waals surface area contributed by atoms with Crippen molar-refractivity contribution in [1.29, 1.82) is 0 Å². The molecule has 2 aromatic rings. The van der Waals surface area contributed by atoms with Gasteiger partial charge in [0.15, 0.2) is 0 Å². The van der Waals surface area contributed by atoms with Gasteiger partial charge in [0.2, 0.25) is 10.0 Å². The molecule has 0 aliphatic rings. The minimum absolute atomic E-state index is 0.0174. The van der Waals surface area contributed by atoms with Gasteiger partial charge < -0.3 is 15.4 Å². The van der Waals surface area contributed by atoms with Gasteiger partial charge in [-0.3, -0.25) is 4.79 Å². The number of hydrogen-bond acceptors (Lipinski definition) is 7. The van der Waals surface area contributed by atoms with Crippen LogP contribution in [0.4, 0.5) is 5.82 Å². The van der Waals surface area contributed by atoms with E-state index in [4.69, 9.17) is 10.5 Å². The number of sulfonamides is 1. The van der Waals surface area contributed by atoms with Crippen LogP contribution < -0.4 is 20.1 Å². The fourth-order valence-electron chi connectivity index (χ4n) is 2.01. The first-order valence-electron chi connectivity index (χ1n) is 7.21. The highest BCUT2D eigenvalue weighted by atomic mass is 32.2. The van der Waals surface area contributed by atoms with Crippen LogP contribution in [0.3, 0.4) is 0 Å². The van der Waals surface area contributed by atoms with Crippen LogP contribution in [-0.4, -0.2) is 45.5 Å². The molecule has 10 heteroatoms. The second kappa shape index (κ2) is 7.45. The highest BCUT2D eigenvalue weighted by Crippen LogP contribution is 2.22. The Morgan fingerprint density at radius 2 is 2.04 bits per heavy atom. The Labute approximate surface area is 145 Å². The summed E-state index contributed by atoms with van der Waals surface area (Å²) in [6.45, 7) is -0.0953. The molecule has 9 nitrogen and oxygen atoms in total. The first kappa shape index (κ1) is 18.6. The Hall–Kier alpha value is -2.72. The monoisotopic (exact) mass is 365 g/mol. The number of carbonyl (C=O) groups is 1. The van der Waals surface area contributed by atoms with E-state index < -0.39 is 15.9 Å². The number of amides is 1. The molecule has 25 heavy (non-hydrogen) atoms. The minimum Gasteiger partial charge on any atom is -0.496 e. The summed E-state index contributed by atoms with van der Waals surface area (Å²) in [5.41, 5.74) is 5.24. The van der Waals surface area contributed by atoms with E-state index in [1.807, 2.05) is 14.1 Å². The Bertz CT molecular complexity index is 883. The zero-order valence-corrected chi connectivity index (χ0v) is 14.9. The molecule has 134 valence electrons. The number of carbonyl (C=O) groups excluding carboxylic acids is 1. The Morgan fingerprint density at radius 1 is 1.32 bits per heavy atom. The Balaban J connectivity index is 2.23. The maximum Gasteiger partial charge on any atom is 0.252 e. The molecular weight excluding hydrogens is 346 g/mol. The van der Waals surface area contributed by atoms with Crippen molar-refractivity contribution >= 4 is 21.7 Å². The fraction of sp³-hybridized carbons (Fsp3) is 0.267. The van der Waals surface area contributed by atoms with Crippen LogP contribution >= 0.6 is 0 Å². The first-order chi connectivity index (χ1) is 11.7. The lowest BCUT2D eigenvalue weighted by Gasteiger charge is -2.12. The maximum absolute atomic E-state index is 12.4. The Morgan fingerprint density at radius 3 is 2.64 bits per heavy atom. The minimum atomic E-state index is -3.88. The van der Waals surface area contributed by atoms with Gasteiger partial charge in [-0.25, -0.2) is 23.1 Å². The third kappa shape index (κ3) is 4.43. The average molecular weight is 365 g/mol. The zero-order valence-electron chi connectivity index (χ0n) is 14.1. The second-order valence-corrected chi connectivity index (χ2v) is 7.04. The van der Waals surface area contributed by atoms with Crippen LogP contribution in [0.1, 0.15) is 16.2 Å². The van der Waals surface area contributed by atoms with E-state index in [0.29, 0.717) is 11.6 Å². The normalized spacial score (nSPS) is 11.2. The SMILES string of the molecule is COc1ccc(S(=O)(=O)NCc2nccc(N(C)C)n2)cc1C(N)=O. The molecule has 1 heterocycles. The van der Waals surface area contributed by atoms with E-state index in [2.05, 4.69) is 14.7 Å². The maximum atomic E-state index is 12.4. The van der Waals surface area contributed by atoms with Crippen molar-refractivity contribution in [3.8, 4) is 5.75 Å². The standard InChI is InChI=1S/C15H19N5O4S/c1-20(2)14-6-7-17-13(19-14)9-18-25(22,23)10-4-5-12(24-3)11(8-10)15(16)21/h4-8,18H,9H2,1-3H3,(H2,16,21). The summed E-state index contributed by atoms with van der Waals surface area (Å²) in [4.78, 5) is 21.4. The molecule has 0 saturated carbocycles. The number of methoxy groups -OCH3 is 1. The molecule has 0 fully saturated rings. The van der Waals surface area contributed by atoms with Gasteiger partial charge in [-0.15, -0.1) is 0 Å². The summed E-state index contributed by atoms with van der Waals surface area (Å²) in [6, 6.07) is 5.57.